The molecule has 31 heavy (non-hydrogen) atoms. The zero-order chi connectivity index (χ0) is 22.6. The molecule has 1 atom stereocenters. The van der Waals surface area contributed by atoms with E-state index in [1.807, 2.05) is 18.2 Å². The lowest BCUT2D eigenvalue weighted by Gasteiger charge is -2.30. The fourth-order valence-corrected chi connectivity index (χ4v) is 3.55. The number of benzene rings is 2. The number of nitrogens with zero attached hydrogens (tertiary/aromatic N) is 1. The molecule has 0 bridgehead atoms. The molecular formula is C24H32ClN3O3. The van der Waals surface area contributed by atoms with Gasteiger partial charge in [0.2, 0.25) is 5.91 Å². The highest BCUT2D eigenvalue weighted by molar-refractivity contribution is 6.30. The van der Waals surface area contributed by atoms with Crippen LogP contribution in [-0.4, -0.2) is 50.0 Å². The molecule has 0 fully saturated rings. The van der Waals surface area contributed by atoms with Crippen molar-refractivity contribution in [2.24, 2.45) is 0 Å². The van der Waals surface area contributed by atoms with Gasteiger partial charge in [0.25, 0.3) is 5.91 Å². The van der Waals surface area contributed by atoms with Crippen molar-refractivity contribution in [2.45, 2.75) is 32.7 Å². The highest BCUT2D eigenvalue weighted by Crippen LogP contribution is 2.23. The van der Waals surface area contributed by atoms with Crippen LogP contribution < -0.4 is 15.4 Å². The lowest BCUT2D eigenvalue weighted by molar-refractivity contribution is -0.121. The lowest BCUT2D eigenvalue weighted by Crippen LogP contribution is -2.38. The third-order valence-electron chi connectivity index (χ3n) is 5.20. The molecule has 0 spiro atoms. The van der Waals surface area contributed by atoms with Crippen LogP contribution in [0.2, 0.25) is 5.02 Å². The molecule has 2 amide bonds. The lowest BCUT2D eigenvalue weighted by atomic mass is 10.0. The predicted octanol–water partition coefficient (Wildman–Crippen LogP) is 4.06. The van der Waals surface area contributed by atoms with Gasteiger partial charge >= 0.3 is 0 Å². The summed E-state index contributed by atoms with van der Waals surface area (Å²) in [5.74, 6) is 0.606. The molecule has 2 aromatic rings. The Kier molecular flexibility index (Phi) is 10.3. The second-order valence-electron chi connectivity index (χ2n) is 7.18. The molecule has 0 radical (unpaired) electrons. The number of amides is 2. The van der Waals surface area contributed by atoms with Gasteiger partial charge in [-0.05, 0) is 61.5 Å². The summed E-state index contributed by atoms with van der Waals surface area (Å²) in [5, 5.41) is 6.46. The Morgan fingerprint density at radius 2 is 1.77 bits per heavy atom. The van der Waals surface area contributed by atoms with E-state index in [0.29, 0.717) is 36.5 Å². The maximum atomic E-state index is 12.4. The van der Waals surface area contributed by atoms with Crippen LogP contribution in [0.25, 0.3) is 0 Å². The first-order valence-electron chi connectivity index (χ1n) is 10.7. The highest BCUT2D eigenvalue weighted by atomic mass is 35.5. The Morgan fingerprint density at radius 1 is 1.06 bits per heavy atom. The first kappa shape index (κ1) is 24.7. The van der Waals surface area contributed by atoms with Gasteiger partial charge in [0.05, 0.1) is 13.2 Å². The van der Waals surface area contributed by atoms with Gasteiger partial charge in [0.1, 0.15) is 5.75 Å². The molecule has 168 valence electrons. The Morgan fingerprint density at radius 3 is 2.42 bits per heavy atom. The van der Waals surface area contributed by atoms with Crippen LogP contribution in [0.15, 0.2) is 48.5 Å². The average Bonchev–Trinajstić information content (AvgIpc) is 2.79. The SMILES string of the molecule is CCN(CC)C(CNC(=O)CCCNC(=O)c1ccc(Cl)cc1)c1cccc(OC)c1. The highest BCUT2D eigenvalue weighted by Gasteiger charge is 2.19. The van der Waals surface area contributed by atoms with Crippen LogP contribution in [0.3, 0.4) is 0 Å². The number of carbonyl (C=O) groups is 2. The van der Waals surface area contributed by atoms with Crippen molar-refractivity contribution in [2.75, 3.05) is 33.3 Å². The number of nitrogens with one attached hydrogen (secondary N) is 2. The zero-order valence-electron chi connectivity index (χ0n) is 18.5. The van der Waals surface area contributed by atoms with Crippen molar-refractivity contribution in [3.05, 3.63) is 64.7 Å². The van der Waals surface area contributed by atoms with Crippen LogP contribution in [0, 0.1) is 0 Å². The van der Waals surface area contributed by atoms with Crippen LogP contribution >= 0.6 is 11.6 Å². The molecule has 6 nitrogen and oxygen atoms in total. The summed E-state index contributed by atoms with van der Waals surface area (Å²) >= 11 is 5.84. The minimum absolute atomic E-state index is 0.0270. The molecule has 2 rings (SSSR count). The van der Waals surface area contributed by atoms with Crippen molar-refractivity contribution < 1.29 is 14.3 Å². The summed E-state index contributed by atoms with van der Waals surface area (Å²) < 4.78 is 5.35. The predicted molar refractivity (Wildman–Crippen MR) is 125 cm³/mol. The van der Waals surface area contributed by atoms with Crippen LogP contribution in [0.1, 0.15) is 48.7 Å². The Balaban J connectivity index is 1.82. The quantitative estimate of drug-likeness (QED) is 0.483. The summed E-state index contributed by atoms with van der Waals surface area (Å²) in [4.78, 5) is 26.8. The monoisotopic (exact) mass is 445 g/mol. The first-order chi connectivity index (χ1) is 15.0. The third-order valence-corrected chi connectivity index (χ3v) is 5.45. The fraction of sp³-hybridized carbons (Fsp3) is 0.417. The molecule has 2 N–H and O–H groups in total. The molecule has 0 saturated carbocycles. The van der Waals surface area contributed by atoms with E-state index >= 15 is 0 Å². The summed E-state index contributed by atoms with van der Waals surface area (Å²) in [7, 11) is 1.65. The number of halogens is 1. The van der Waals surface area contributed by atoms with Crippen molar-refractivity contribution in [3.63, 3.8) is 0 Å². The van der Waals surface area contributed by atoms with Gasteiger partial charge in [-0.25, -0.2) is 0 Å². The molecular weight excluding hydrogens is 414 g/mol. The van der Waals surface area contributed by atoms with E-state index < -0.39 is 0 Å². The molecule has 0 aliphatic rings. The first-order valence-corrected chi connectivity index (χ1v) is 11.0. The van der Waals surface area contributed by atoms with E-state index in [1.165, 1.54) is 0 Å². The van der Waals surface area contributed by atoms with Crippen molar-refractivity contribution in [1.82, 2.24) is 15.5 Å². The van der Waals surface area contributed by atoms with Crippen molar-refractivity contribution in [3.8, 4) is 5.75 Å². The molecule has 0 aromatic heterocycles. The van der Waals surface area contributed by atoms with Gasteiger partial charge < -0.3 is 15.4 Å². The minimum Gasteiger partial charge on any atom is -0.497 e. The minimum atomic E-state index is -0.170. The molecule has 7 heteroatoms. The molecule has 1 unspecified atom stereocenters. The fourth-order valence-electron chi connectivity index (χ4n) is 3.42. The number of hydrogen-bond donors (Lipinski definition) is 2. The number of methoxy groups -OCH3 is 1. The normalized spacial score (nSPS) is 11.8. The van der Waals surface area contributed by atoms with Gasteiger partial charge in [-0.3, -0.25) is 14.5 Å². The van der Waals surface area contributed by atoms with Crippen molar-refractivity contribution in [1.29, 1.82) is 0 Å². The van der Waals surface area contributed by atoms with Gasteiger partial charge in [-0.1, -0.05) is 37.6 Å². The van der Waals surface area contributed by atoms with Gasteiger partial charge in [0, 0.05) is 30.1 Å². The van der Waals surface area contributed by atoms with E-state index in [0.717, 1.165) is 24.4 Å². The standard InChI is InChI=1S/C24H32ClN3O3/c1-4-28(5-2)22(19-8-6-9-21(16-19)31-3)17-27-23(29)10-7-15-26-24(30)18-11-13-20(25)14-12-18/h6,8-9,11-14,16,22H,4-5,7,10,15,17H2,1-3H3,(H,26,30)(H,27,29). The average molecular weight is 446 g/mol. The van der Waals surface area contributed by atoms with Crippen LogP contribution in [0.4, 0.5) is 0 Å². The molecule has 0 heterocycles. The maximum absolute atomic E-state index is 12.4. The second kappa shape index (κ2) is 13.0. The second-order valence-corrected chi connectivity index (χ2v) is 7.62. The van der Waals surface area contributed by atoms with Gasteiger partial charge in [-0.2, -0.15) is 0 Å². The summed E-state index contributed by atoms with van der Waals surface area (Å²) in [6.45, 7) is 6.94. The van der Waals surface area contributed by atoms with E-state index in [2.05, 4.69) is 35.4 Å². The molecule has 0 saturated heterocycles. The number of likely N-dealkylation sites (N-methyl/N-ethyl adjacent to an activating group) is 1. The van der Waals surface area contributed by atoms with E-state index in [-0.39, 0.29) is 17.9 Å². The zero-order valence-corrected chi connectivity index (χ0v) is 19.2. The summed E-state index contributed by atoms with van der Waals surface area (Å²) in [5.41, 5.74) is 1.66. The van der Waals surface area contributed by atoms with Crippen LogP contribution in [0.5, 0.6) is 5.75 Å². The van der Waals surface area contributed by atoms with E-state index in [1.54, 1.807) is 31.4 Å². The third kappa shape index (κ3) is 7.89. The van der Waals surface area contributed by atoms with Gasteiger partial charge in [0.15, 0.2) is 0 Å². The summed E-state index contributed by atoms with van der Waals surface area (Å²) in [6, 6.07) is 14.7. The van der Waals surface area contributed by atoms with Crippen LogP contribution in [-0.2, 0) is 4.79 Å². The largest absolute Gasteiger partial charge is 0.497 e. The number of rotatable bonds is 12. The summed E-state index contributed by atoms with van der Waals surface area (Å²) in [6.07, 6.45) is 0.921. The maximum Gasteiger partial charge on any atom is 0.251 e. The van der Waals surface area contributed by atoms with E-state index in [9.17, 15) is 9.59 Å². The molecule has 2 aromatic carbocycles. The smallest absolute Gasteiger partial charge is 0.251 e. The molecule has 0 aliphatic heterocycles. The van der Waals surface area contributed by atoms with Crippen molar-refractivity contribution >= 4 is 23.4 Å². The Labute approximate surface area is 189 Å². The topological polar surface area (TPSA) is 70.7 Å². The number of hydrogen-bond acceptors (Lipinski definition) is 4. The number of carbonyl (C=O) groups excluding carboxylic acids is 2. The Bertz CT molecular complexity index is 838. The van der Waals surface area contributed by atoms with Gasteiger partial charge in [-0.15, -0.1) is 0 Å². The van der Waals surface area contributed by atoms with E-state index in [4.69, 9.17) is 16.3 Å². The number of ether oxygens (including phenoxy) is 1. The molecule has 0 aliphatic carbocycles. The Hall–Kier alpha value is -2.57.